The van der Waals surface area contributed by atoms with Gasteiger partial charge in [0, 0.05) is 43.3 Å². The van der Waals surface area contributed by atoms with Crippen molar-refractivity contribution >= 4 is 6.03 Å². The average molecular weight is 245 g/mol. The number of piperidine rings is 1. The van der Waals surface area contributed by atoms with Crippen LogP contribution in [-0.4, -0.2) is 43.8 Å². The van der Waals surface area contributed by atoms with Crippen LogP contribution in [0.3, 0.4) is 0 Å². The van der Waals surface area contributed by atoms with E-state index in [2.05, 4.69) is 15.2 Å². The number of likely N-dealkylation sites (tertiary alicyclic amines) is 1. The lowest BCUT2D eigenvalue weighted by Gasteiger charge is -2.32. The SMILES string of the molecule is O=C(N1CCCC(c2ccn[nH]2)C1)n1ccnc1. The van der Waals surface area contributed by atoms with Gasteiger partial charge in [0.15, 0.2) is 0 Å². The smallest absolute Gasteiger partial charge is 0.323 e. The van der Waals surface area contributed by atoms with E-state index in [1.807, 2.05) is 11.0 Å². The zero-order valence-corrected chi connectivity index (χ0v) is 9.99. The maximum atomic E-state index is 12.2. The standard InChI is InChI=1S/C12H15N5O/c18-12(17-7-5-13-9-17)16-6-1-2-10(8-16)11-3-4-14-15-11/h3-5,7,9-10H,1-2,6,8H2,(H,14,15). The van der Waals surface area contributed by atoms with Crippen LogP contribution in [-0.2, 0) is 0 Å². The number of carbonyl (C=O) groups excluding carboxylic acids is 1. The third-order valence-electron chi connectivity index (χ3n) is 3.38. The van der Waals surface area contributed by atoms with Crippen molar-refractivity contribution in [3.8, 4) is 0 Å². The second kappa shape index (κ2) is 4.64. The normalized spacial score (nSPS) is 20.0. The zero-order chi connectivity index (χ0) is 12.4. The lowest BCUT2D eigenvalue weighted by molar-refractivity contribution is 0.180. The van der Waals surface area contributed by atoms with Crippen LogP contribution in [0.5, 0.6) is 0 Å². The monoisotopic (exact) mass is 245 g/mol. The molecule has 1 saturated heterocycles. The average Bonchev–Trinajstić information content (AvgIpc) is 3.11. The summed E-state index contributed by atoms with van der Waals surface area (Å²) in [7, 11) is 0. The first-order valence-corrected chi connectivity index (χ1v) is 6.11. The lowest BCUT2D eigenvalue weighted by Crippen LogP contribution is -2.41. The Morgan fingerprint density at radius 3 is 3.11 bits per heavy atom. The summed E-state index contributed by atoms with van der Waals surface area (Å²) in [6, 6.07) is 1.98. The van der Waals surface area contributed by atoms with Gasteiger partial charge in [0.25, 0.3) is 0 Å². The molecule has 2 aromatic heterocycles. The van der Waals surface area contributed by atoms with Crippen LogP contribution >= 0.6 is 0 Å². The summed E-state index contributed by atoms with van der Waals surface area (Å²) < 4.78 is 1.52. The topological polar surface area (TPSA) is 66.8 Å². The molecule has 1 fully saturated rings. The minimum absolute atomic E-state index is 0.00304. The van der Waals surface area contributed by atoms with Crippen LogP contribution in [0.25, 0.3) is 0 Å². The fourth-order valence-corrected chi connectivity index (χ4v) is 2.43. The Hall–Kier alpha value is -2.11. The highest BCUT2D eigenvalue weighted by Crippen LogP contribution is 2.25. The number of nitrogens with one attached hydrogen (secondary N) is 1. The second-order valence-electron chi connectivity index (χ2n) is 4.55. The first-order valence-electron chi connectivity index (χ1n) is 6.11. The van der Waals surface area contributed by atoms with E-state index >= 15 is 0 Å². The van der Waals surface area contributed by atoms with Gasteiger partial charge in [-0.25, -0.2) is 9.78 Å². The highest BCUT2D eigenvalue weighted by Gasteiger charge is 2.26. The summed E-state index contributed by atoms with van der Waals surface area (Å²) in [5.74, 6) is 0.355. The van der Waals surface area contributed by atoms with E-state index in [4.69, 9.17) is 0 Å². The summed E-state index contributed by atoms with van der Waals surface area (Å²) in [6.45, 7) is 1.54. The van der Waals surface area contributed by atoms with Gasteiger partial charge in [0.05, 0.1) is 0 Å². The van der Waals surface area contributed by atoms with Crippen molar-refractivity contribution in [2.75, 3.05) is 13.1 Å². The van der Waals surface area contributed by atoms with Gasteiger partial charge in [0.2, 0.25) is 0 Å². The number of carbonyl (C=O) groups is 1. The van der Waals surface area contributed by atoms with Crippen molar-refractivity contribution in [3.05, 3.63) is 36.7 Å². The van der Waals surface area contributed by atoms with E-state index in [0.717, 1.165) is 31.6 Å². The Kier molecular flexibility index (Phi) is 2.84. The number of rotatable bonds is 1. The summed E-state index contributed by atoms with van der Waals surface area (Å²) >= 11 is 0. The van der Waals surface area contributed by atoms with Gasteiger partial charge in [-0.3, -0.25) is 9.67 Å². The number of amides is 1. The molecule has 0 saturated carbocycles. The zero-order valence-electron chi connectivity index (χ0n) is 9.99. The fourth-order valence-electron chi connectivity index (χ4n) is 2.43. The Morgan fingerprint density at radius 1 is 1.44 bits per heavy atom. The summed E-state index contributed by atoms with van der Waals surface area (Å²) in [5.41, 5.74) is 1.11. The fraction of sp³-hybridized carbons (Fsp3) is 0.417. The third kappa shape index (κ3) is 2.01. The van der Waals surface area contributed by atoms with Crippen LogP contribution in [0, 0.1) is 0 Å². The number of hydrogen-bond donors (Lipinski definition) is 1. The highest BCUT2D eigenvalue weighted by atomic mass is 16.2. The van der Waals surface area contributed by atoms with E-state index in [1.165, 1.54) is 4.57 Å². The molecule has 0 aliphatic carbocycles. The van der Waals surface area contributed by atoms with Gasteiger partial charge in [0.1, 0.15) is 6.33 Å². The largest absolute Gasteiger partial charge is 0.329 e. The number of hydrogen-bond acceptors (Lipinski definition) is 3. The maximum absolute atomic E-state index is 12.2. The Morgan fingerprint density at radius 2 is 2.39 bits per heavy atom. The van der Waals surface area contributed by atoms with Crippen LogP contribution in [0.1, 0.15) is 24.5 Å². The molecule has 18 heavy (non-hydrogen) atoms. The van der Waals surface area contributed by atoms with Gasteiger partial charge in [-0.15, -0.1) is 0 Å². The molecule has 1 aliphatic heterocycles. The van der Waals surface area contributed by atoms with Crippen molar-refractivity contribution in [2.45, 2.75) is 18.8 Å². The molecule has 0 radical (unpaired) electrons. The van der Waals surface area contributed by atoms with Crippen molar-refractivity contribution in [1.82, 2.24) is 24.6 Å². The molecule has 0 bridgehead atoms. The van der Waals surface area contributed by atoms with Crippen molar-refractivity contribution in [3.63, 3.8) is 0 Å². The number of nitrogens with zero attached hydrogens (tertiary/aromatic N) is 4. The molecule has 1 amide bonds. The molecule has 3 rings (SSSR count). The van der Waals surface area contributed by atoms with E-state index in [9.17, 15) is 4.79 Å². The molecule has 1 aliphatic rings. The predicted octanol–water partition coefficient (Wildman–Crippen LogP) is 1.45. The van der Waals surface area contributed by atoms with Gasteiger partial charge in [-0.05, 0) is 18.9 Å². The van der Waals surface area contributed by atoms with Gasteiger partial charge in [-0.1, -0.05) is 0 Å². The molecule has 1 N–H and O–H groups in total. The van der Waals surface area contributed by atoms with E-state index in [1.54, 1.807) is 24.9 Å². The van der Waals surface area contributed by atoms with Crippen LogP contribution < -0.4 is 0 Å². The van der Waals surface area contributed by atoms with Crippen LogP contribution in [0.15, 0.2) is 31.0 Å². The molecular formula is C12H15N5O. The minimum atomic E-state index is -0.00304. The third-order valence-corrected chi connectivity index (χ3v) is 3.38. The van der Waals surface area contributed by atoms with E-state index < -0.39 is 0 Å². The number of imidazole rings is 1. The summed E-state index contributed by atoms with van der Waals surface area (Å²) in [6.07, 6.45) is 8.71. The van der Waals surface area contributed by atoms with Gasteiger partial charge in [-0.2, -0.15) is 5.10 Å². The molecule has 2 aromatic rings. The van der Waals surface area contributed by atoms with Crippen LogP contribution in [0.2, 0.25) is 0 Å². The number of H-pyrrole nitrogens is 1. The molecule has 0 aromatic carbocycles. The summed E-state index contributed by atoms with van der Waals surface area (Å²) in [5, 5.41) is 6.97. The Balaban J connectivity index is 1.73. The van der Waals surface area contributed by atoms with Crippen molar-refractivity contribution in [1.29, 1.82) is 0 Å². The molecule has 0 spiro atoms. The molecule has 1 unspecified atom stereocenters. The first kappa shape index (κ1) is 11.0. The summed E-state index contributed by atoms with van der Waals surface area (Å²) in [4.78, 5) is 18.0. The van der Waals surface area contributed by atoms with Gasteiger partial charge >= 0.3 is 6.03 Å². The van der Waals surface area contributed by atoms with Crippen molar-refractivity contribution in [2.24, 2.45) is 0 Å². The van der Waals surface area contributed by atoms with Crippen LogP contribution in [0.4, 0.5) is 4.79 Å². The van der Waals surface area contributed by atoms with Gasteiger partial charge < -0.3 is 4.90 Å². The number of aromatic amines is 1. The van der Waals surface area contributed by atoms with E-state index in [-0.39, 0.29) is 6.03 Å². The quantitative estimate of drug-likeness (QED) is 0.827. The molecule has 3 heterocycles. The predicted molar refractivity (Wildman–Crippen MR) is 65.2 cm³/mol. The molecule has 6 nitrogen and oxygen atoms in total. The van der Waals surface area contributed by atoms with E-state index in [0.29, 0.717) is 5.92 Å². The second-order valence-corrected chi connectivity index (χ2v) is 4.55. The first-order chi connectivity index (χ1) is 8.84. The molecule has 94 valence electrons. The highest BCUT2D eigenvalue weighted by molar-refractivity contribution is 5.76. The van der Waals surface area contributed by atoms with Crippen molar-refractivity contribution < 1.29 is 4.79 Å². The molecule has 6 heteroatoms. The minimum Gasteiger partial charge on any atom is -0.323 e. The maximum Gasteiger partial charge on any atom is 0.329 e. The lowest BCUT2D eigenvalue weighted by atomic mass is 9.95. The number of aromatic nitrogens is 4. The Labute approximate surface area is 105 Å². The molecular weight excluding hydrogens is 230 g/mol. The Bertz CT molecular complexity index is 505. The molecule has 1 atom stereocenters.